The Morgan fingerprint density at radius 3 is 2.53 bits per heavy atom. The van der Waals surface area contributed by atoms with Gasteiger partial charge in [0.15, 0.2) is 5.69 Å². The number of nitrogens with two attached hydrogens (primary N) is 1. The van der Waals surface area contributed by atoms with Gasteiger partial charge in [0, 0.05) is 37.0 Å². The van der Waals surface area contributed by atoms with Gasteiger partial charge in [0.2, 0.25) is 11.6 Å². The van der Waals surface area contributed by atoms with E-state index in [4.69, 9.17) is 5.73 Å². The third-order valence-corrected chi connectivity index (χ3v) is 5.45. The van der Waals surface area contributed by atoms with Crippen LogP contribution in [0.15, 0.2) is 27.9 Å². The number of aromatic hydroxyl groups is 1. The molecule has 2 aromatic heterocycles. The molecule has 0 aliphatic heterocycles. The van der Waals surface area contributed by atoms with Gasteiger partial charge in [0.05, 0.1) is 11.9 Å². The molecule has 1 amide bonds. The van der Waals surface area contributed by atoms with Crippen LogP contribution in [0.3, 0.4) is 0 Å². The molecule has 3 aromatic rings. The second-order valence-corrected chi connectivity index (χ2v) is 7.35. The van der Waals surface area contributed by atoms with Gasteiger partial charge in [-0.15, -0.1) is 5.10 Å². The number of carbonyl (C=O) groups excluding carboxylic acids is 1. The fourth-order valence-electron chi connectivity index (χ4n) is 3.43. The highest BCUT2D eigenvalue weighted by atomic mass is 16.6. The minimum atomic E-state index is -0.570. The molecule has 1 aromatic carbocycles. The van der Waals surface area contributed by atoms with Gasteiger partial charge < -0.3 is 15.7 Å². The maximum absolute atomic E-state index is 12.9. The molecule has 13 heteroatoms. The smallest absolute Gasteiger partial charge is 0.293 e. The predicted molar refractivity (Wildman–Crippen MR) is 127 cm³/mol. The molecule has 0 radical (unpaired) electrons. The number of nitrogen functional groups attached to an aromatic ring is 1. The maximum Gasteiger partial charge on any atom is 0.293 e. The Bertz CT molecular complexity index is 1130. The number of hydrogen-bond acceptors (Lipinski definition) is 11. The van der Waals surface area contributed by atoms with Crippen LogP contribution in [-0.4, -0.2) is 73.6 Å². The van der Waals surface area contributed by atoms with Gasteiger partial charge in [-0.1, -0.05) is 19.1 Å². The van der Waals surface area contributed by atoms with Crippen LogP contribution >= 0.6 is 0 Å². The SMILES string of the molecule is CCN(CC)Cc1c(C(=O)NN=Cc2ccc(N(CC)CC)cc2O)nnn1-c1nonc1N. The zero-order valence-corrected chi connectivity index (χ0v) is 19.8. The summed E-state index contributed by atoms with van der Waals surface area (Å²) in [5, 5.41) is 29.7. The number of phenols is 1. The normalized spacial score (nSPS) is 11.4. The van der Waals surface area contributed by atoms with Crippen molar-refractivity contribution in [3.63, 3.8) is 0 Å². The van der Waals surface area contributed by atoms with Gasteiger partial charge >= 0.3 is 0 Å². The van der Waals surface area contributed by atoms with Crippen molar-refractivity contribution in [1.29, 1.82) is 0 Å². The van der Waals surface area contributed by atoms with E-state index in [9.17, 15) is 9.90 Å². The Morgan fingerprint density at radius 1 is 1.21 bits per heavy atom. The van der Waals surface area contributed by atoms with E-state index in [0.29, 0.717) is 17.8 Å². The lowest BCUT2D eigenvalue weighted by Gasteiger charge is -2.21. The number of anilines is 2. The van der Waals surface area contributed by atoms with Gasteiger partial charge in [-0.05, 0) is 49.4 Å². The van der Waals surface area contributed by atoms with Crippen molar-refractivity contribution in [2.75, 3.05) is 36.8 Å². The first kappa shape index (κ1) is 24.6. The van der Waals surface area contributed by atoms with E-state index < -0.39 is 5.91 Å². The highest BCUT2D eigenvalue weighted by Crippen LogP contribution is 2.23. The predicted octanol–water partition coefficient (Wildman–Crippen LogP) is 1.39. The minimum Gasteiger partial charge on any atom is -0.507 e. The molecule has 0 saturated carbocycles. The Labute approximate surface area is 197 Å². The standard InChI is InChI=1S/C21H30N10O3/c1-5-29(6-2)13-16-18(24-28-31(16)20-19(22)26-34-27-20)21(33)25-23-12-14-9-10-15(11-17(14)32)30(7-3)8-4/h9-12,32H,5-8,13H2,1-4H3,(H2,22,26)(H,25,33). The highest BCUT2D eigenvalue weighted by molar-refractivity contribution is 5.94. The summed E-state index contributed by atoms with van der Waals surface area (Å²) in [4.78, 5) is 17.1. The lowest BCUT2D eigenvalue weighted by atomic mass is 10.2. The van der Waals surface area contributed by atoms with Crippen LogP contribution in [0.25, 0.3) is 5.82 Å². The third kappa shape index (κ3) is 5.31. The summed E-state index contributed by atoms with van der Waals surface area (Å²) in [7, 11) is 0. The molecular formula is C21H30N10O3. The summed E-state index contributed by atoms with van der Waals surface area (Å²) in [6, 6.07) is 5.29. The molecule has 2 heterocycles. The van der Waals surface area contributed by atoms with E-state index >= 15 is 0 Å². The van der Waals surface area contributed by atoms with Gasteiger partial charge in [-0.3, -0.25) is 9.69 Å². The molecular weight excluding hydrogens is 440 g/mol. The number of nitrogens with zero attached hydrogens (tertiary/aromatic N) is 8. The molecule has 4 N–H and O–H groups in total. The van der Waals surface area contributed by atoms with Crippen LogP contribution < -0.4 is 16.1 Å². The summed E-state index contributed by atoms with van der Waals surface area (Å²) < 4.78 is 6.00. The molecule has 0 saturated heterocycles. The van der Waals surface area contributed by atoms with Crippen molar-refractivity contribution in [2.24, 2.45) is 5.10 Å². The van der Waals surface area contributed by atoms with Crippen molar-refractivity contribution in [1.82, 2.24) is 35.6 Å². The number of benzene rings is 1. The molecule has 0 spiro atoms. The fourth-order valence-corrected chi connectivity index (χ4v) is 3.43. The first-order valence-electron chi connectivity index (χ1n) is 11.1. The van der Waals surface area contributed by atoms with E-state index in [1.807, 2.05) is 33.8 Å². The Kier molecular flexibility index (Phi) is 8.14. The number of aromatic nitrogens is 5. The van der Waals surface area contributed by atoms with Gasteiger partial charge in [0.1, 0.15) is 5.75 Å². The maximum atomic E-state index is 12.9. The molecule has 182 valence electrons. The second-order valence-electron chi connectivity index (χ2n) is 7.35. The van der Waals surface area contributed by atoms with Crippen LogP contribution in [0.2, 0.25) is 0 Å². The number of amides is 1. The lowest BCUT2D eigenvalue weighted by molar-refractivity contribution is 0.0948. The molecule has 13 nitrogen and oxygen atoms in total. The quantitative estimate of drug-likeness (QED) is 0.275. The zero-order chi connectivity index (χ0) is 24.7. The molecule has 0 aliphatic rings. The van der Waals surface area contributed by atoms with Crippen LogP contribution in [0.5, 0.6) is 5.75 Å². The second kappa shape index (κ2) is 11.2. The van der Waals surface area contributed by atoms with E-state index in [1.54, 1.807) is 12.1 Å². The van der Waals surface area contributed by atoms with Crippen molar-refractivity contribution < 1.29 is 14.5 Å². The van der Waals surface area contributed by atoms with Gasteiger partial charge in [-0.25, -0.2) is 10.1 Å². The number of phenolic OH excluding ortho intramolecular Hbond substituents is 1. The van der Waals surface area contributed by atoms with Crippen molar-refractivity contribution >= 4 is 23.6 Å². The van der Waals surface area contributed by atoms with Crippen molar-refractivity contribution in [3.05, 3.63) is 35.2 Å². The fraction of sp³-hybridized carbons (Fsp3) is 0.429. The lowest BCUT2D eigenvalue weighted by Crippen LogP contribution is -2.27. The molecule has 0 bridgehead atoms. The molecule has 34 heavy (non-hydrogen) atoms. The topological polar surface area (TPSA) is 164 Å². The first-order chi connectivity index (χ1) is 16.4. The summed E-state index contributed by atoms with van der Waals surface area (Å²) in [5.41, 5.74) is 10.1. The number of rotatable bonds is 11. The number of nitrogens with one attached hydrogen (secondary N) is 1. The summed E-state index contributed by atoms with van der Waals surface area (Å²) in [6.45, 7) is 11.6. The van der Waals surface area contributed by atoms with Crippen molar-refractivity contribution in [2.45, 2.75) is 34.2 Å². The third-order valence-electron chi connectivity index (χ3n) is 5.45. The van der Waals surface area contributed by atoms with Crippen LogP contribution in [0.4, 0.5) is 11.5 Å². The number of hydrazone groups is 1. The number of hydrogen-bond donors (Lipinski definition) is 3. The Balaban J connectivity index is 1.81. The van der Waals surface area contributed by atoms with Gasteiger partial charge in [-0.2, -0.15) is 9.78 Å². The molecule has 0 aliphatic carbocycles. The Hall–Kier alpha value is -4.00. The largest absolute Gasteiger partial charge is 0.507 e. The summed E-state index contributed by atoms with van der Waals surface area (Å²) >= 11 is 0. The summed E-state index contributed by atoms with van der Waals surface area (Å²) in [5.74, 6) is -0.335. The van der Waals surface area contributed by atoms with E-state index in [2.05, 4.69) is 45.6 Å². The molecule has 3 rings (SSSR count). The van der Waals surface area contributed by atoms with E-state index in [-0.39, 0.29) is 23.1 Å². The highest BCUT2D eigenvalue weighted by Gasteiger charge is 2.25. The molecule has 0 atom stereocenters. The Morgan fingerprint density at radius 2 is 1.94 bits per heavy atom. The van der Waals surface area contributed by atoms with E-state index in [1.165, 1.54) is 10.9 Å². The average Bonchev–Trinajstić information content (AvgIpc) is 3.44. The first-order valence-corrected chi connectivity index (χ1v) is 11.1. The van der Waals surface area contributed by atoms with Crippen LogP contribution in [0.1, 0.15) is 49.4 Å². The average molecular weight is 471 g/mol. The number of carbonyl (C=O) groups is 1. The molecule has 0 unspecified atom stereocenters. The van der Waals surface area contributed by atoms with Crippen LogP contribution in [0, 0.1) is 0 Å². The summed E-state index contributed by atoms with van der Waals surface area (Å²) in [6.07, 6.45) is 1.37. The van der Waals surface area contributed by atoms with E-state index in [0.717, 1.165) is 31.9 Å². The molecule has 0 fully saturated rings. The van der Waals surface area contributed by atoms with Crippen molar-refractivity contribution in [3.8, 4) is 11.6 Å². The monoisotopic (exact) mass is 470 g/mol. The van der Waals surface area contributed by atoms with Crippen LogP contribution in [-0.2, 0) is 6.54 Å². The zero-order valence-electron chi connectivity index (χ0n) is 19.8. The van der Waals surface area contributed by atoms with Gasteiger partial charge in [0.25, 0.3) is 5.91 Å². The minimum absolute atomic E-state index is 0.0271.